The van der Waals surface area contributed by atoms with Crippen LogP contribution < -0.4 is 5.32 Å². The van der Waals surface area contributed by atoms with Crippen LogP contribution in [0.3, 0.4) is 0 Å². The van der Waals surface area contributed by atoms with Crippen molar-refractivity contribution in [1.29, 1.82) is 0 Å². The van der Waals surface area contributed by atoms with Gasteiger partial charge in [0.2, 0.25) is 5.91 Å². The summed E-state index contributed by atoms with van der Waals surface area (Å²) in [5.74, 6) is 0.472. The van der Waals surface area contributed by atoms with Crippen molar-refractivity contribution in [2.45, 2.75) is 20.4 Å². The number of amides is 1. The van der Waals surface area contributed by atoms with Gasteiger partial charge in [0.25, 0.3) is 0 Å². The molecular formula is C22H19BrN2O4. The lowest BCUT2D eigenvalue weighted by atomic mass is 9.97. The summed E-state index contributed by atoms with van der Waals surface area (Å²) in [6.07, 6.45) is 5.99. The molecule has 0 aliphatic heterocycles. The third-order valence-electron chi connectivity index (χ3n) is 4.21. The van der Waals surface area contributed by atoms with Crippen LogP contribution in [0.1, 0.15) is 28.8 Å². The summed E-state index contributed by atoms with van der Waals surface area (Å²) in [4.78, 5) is 25.1. The molecule has 1 N–H and O–H groups in total. The van der Waals surface area contributed by atoms with Gasteiger partial charge in [-0.15, -0.1) is 0 Å². The predicted molar refractivity (Wildman–Crippen MR) is 112 cm³/mol. The van der Waals surface area contributed by atoms with E-state index in [9.17, 15) is 9.59 Å². The molecular weight excluding hydrogens is 436 g/mol. The Balaban J connectivity index is 1.77. The molecule has 0 aliphatic carbocycles. The van der Waals surface area contributed by atoms with Gasteiger partial charge in [0.1, 0.15) is 17.2 Å². The number of aryl methyl sites for hydroxylation is 1. The summed E-state index contributed by atoms with van der Waals surface area (Å²) in [5.41, 5.74) is 1.97. The molecule has 3 rings (SSSR count). The summed E-state index contributed by atoms with van der Waals surface area (Å²) >= 11 is 3.39. The summed E-state index contributed by atoms with van der Waals surface area (Å²) in [7, 11) is 0. The SMILES string of the molecule is C/C=C(\C=C\C(=O)NCc1ccco1)C(=O)c1c(-c2ccc(Br)cc2)noc1C. The number of ketones is 1. The molecule has 2 heterocycles. The standard InChI is InChI=1S/C22H19BrN2O4/c1-3-15(8-11-19(26)24-13-18-5-4-12-28-18)22(27)20-14(2)29-25-21(20)16-6-9-17(23)10-7-16/h3-12H,13H2,1-2H3,(H,24,26)/b11-8+,15-3+. The molecule has 0 atom stereocenters. The van der Waals surface area contributed by atoms with E-state index in [1.807, 2.05) is 24.3 Å². The molecule has 0 saturated heterocycles. The van der Waals surface area contributed by atoms with Crippen molar-refractivity contribution in [3.05, 3.63) is 88.0 Å². The number of aromatic nitrogens is 1. The van der Waals surface area contributed by atoms with Crippen LogP contribution in [0.4, 0.5) is 0 Å². The molecule has 0 unspecified atom stereocenters. The van der Waals surface area contributed by atoms with Crippen molar-refractivity contribution in [2.24, 2.45) is 0 Å². The van der Waals surface area contributed by atoms with Gasteiger partial charge in [-0.2, -0.15) is 0 Å². The Bertz CT molecular complexity index is 1060. The van der Waals surface area contributed by atoms with E-state index in [1.165, 1.54) is 18.4 Å². The van der Waals surface area contributed by atoms with Crippen LogP contribution in [0, 0.1) is 6.92 Å². The van der Waals surface area contributed by atoms with Gasteiger partial charge in [-0.3, -0.25) is 9.59 Å². The highest BCUT2D eigenvalue weighted by atomic mass is 79.9. The number of Topliss-reactive ketones (excluding diaryl/α,β-unsaturated/α-hetero) is 1. The predicted octanol–water partition coefficient (Wildman–Crippen LogP) is 5.01. The van der Waals surface area contributed by atoms with E-state index in [2.05, 4.69) is 26.4 Å². The number of benzene rings is 1. The number of allylic oxidation sites excluding steroid dienone is 3. The van der Waals surface area contributed by atoms with Crippen molar-refractivity contribution in [2.75, 3.05) is 0 Å². The number of halogens is 1. The zero-order valence-corrected chi connectivity index (χ0v) is 17.5. The second-order valence-electron chi connectivity index (χ2n) is 6.17. The molecule has 0 bridgehead atoms. The maximum atomic E-state index is 13.1. The van der Waals surface area contributed by atoms with E-state index in [4.69, 9.17) is 8.94 Å². The molecule has 0 radical (unpaired) electrons. The number of rotatable bonds is 7. The van der Waals surface area contributed by atoms with Crippen LogP contribution in [0.5, 0.6) is 0 Å². The number of hydrogen-bond donors (Lipinski definition) is 1. The van der Waals surface area contributed by atoms with Crippen LogP contribution >= 0.6 is 15.9 Å². The third-order valence-corrected chi connectivity index (χ3v) is 4.74. The molecule has 1 aromatic carbocycles. The van der Waals surface area contributed by atoms with Crippen LogP contribution in [0.15, 0.2) is 79.9 Å². The topological polar surface area (TPSA) is 85.3 Å². The molecule has 7 heteroatoms. The van der Waals surface area contributed by atoms with E-state index in [0.717, 1.165) is 10.0 Å². The molecule has 1 amide bonds. The third kappa shape index (κ3) is 5.00. The lowest BCUT2D eigenvalue weighted by Gasteiger charge is -2.04. The Morgan fingerprint density at radius 1 is 1.17 bits per heavy atom. The first kappa shape index (κ1) is 20.5. The summed E-state index contributed by atoms with van der Waals surface area (Å²) in [6, 6.07) is 11.0. The first-order valence-electron chi connectivity index (χ1n) is 8.91. The molecule has 2 aromatic heterocycles. The average Bonchev–Trinajstić information content (AvgIpc) is 3.37. The van der Waals surface area contributed by atoms with Crippen LogP contribution in [0.25, 0.3) is 11.3 Å². The molecule has 0 spiro atoms. The normalized spacial score (nSPS) is 11.8. The van der Waals surface area contributed by atoms with Gasteiger partial charge in [0.05, 0.1) is 18.4 Å². The van der Waals surface area contributed by atoms with Crippen molar-refractivity contribution >= 4 is 27.6 Å². The van der Waals surface area contributed by atoms with Crippen LogP contribution in [0.2, 0.25) is 0 Å². The molecule has 148 valence electrons. The van der Waals surface area contributed by atoms with E-state index < -0.39 is 0 Å². The van der Waals surface area contributed by atoms with E-state index in [0.29, 0.717) is 28.4 Å². The van der Waals surface area contributed by atoms with Gasteiger partial charge in [0, 0.05) is 21.7 Å². The fourth-order valence-electron chi connectivity index (χ4n) is 2.70. The van der Waals surface area contributed by atoms with Crippen molar-refractivity contribution in [3.63, 3.8) is 0 Å². The average molecular weight is 455 g/mol. The van der Waals surface area contributed by atoms with Gasteiger partial charge < -0.3 is 14.3 Å². The summed E-state index contributed by atoms with van der Waals surface area (Å²) in [6.45, 7) is 3.70. The van der Waals surface area contributed by atoms with Gasteiger partial charge in [-0.1, -0.05) is 39.3 Å². The quantitative estimate of drug-likeness (QED) is 0.308. The van der Waals surface area contributed by atoms with E-state index >= 15 is 0 Å². The van der Waals surface area contributed by atoms with Gasteiger partial charge >= 0.3 is 0 Å². The molecule has 0 saturated carbocycles. The maximum absolute atomic E-state index is 13.1. The fraction of sp³-hybridized carbons (Fsp3) is 0.136. The zero-order chi connectivity index (χ0) is 20.8. The monoisotopic (exact) mass is 454 g/mol. The first-order chi connectivity index (χ1) is 14.0. The largest absolute Gasteiger partial charge is 0.467 e. The molecule has 3 aromatic rings. The number of hydrogen-bond acceptors (Lipinski definition) is 5. The number of carbonyl (C=O) groups excluding carboxylic acids is 2. The number of furan rings is 1. The van der Waals surface area contributed by atoms with E-state index in [-0.39, 0.29) is 18.2 Å². The highest BCUT2D eigenvalue weighted by Crippen LogP contribution is 2.28. The Kier molecular flexibility index (Phi) is 6.61. The number of carbonyl (C=O) groups is 2. The smallest absolute Gasteiger partial charge is 0.244 e. The fourth-order valence-corrected chi connectivity index (χ4v) is 2.97. The van der Waals surface area contributed by atoms with Crippen molar-refractivity contribution in [1.82, 2.24) is 10.5 Å². The Labute approximate surface area is 176 Å². The molecule has 0 fully saturated rings. The van der Waals surface area contributed by atoms with Crippen molar-refractivity contribution < 1.29 is 18.5 Å². The van der Waals surface area contributed by atoms with Gasteiger partial charge in [0.15, 0.2) is 5.78 Å². The van der Waals surface area contributed by atoms with Crippen LogP contribution in [-0.4, -0.2) is 16.8 Å². The summed E-state index contributed by atoms with van der Waals surface area (Å²) in [5, 5.41) is 6.75. The molecule has 6 nitrogen and oxygen atoms in total. The molecule has 0 aliphatic rings. The van der Waals surface area contributed by atoms with Crippen LogP contribution in [-0.2, 0) is 11.3 Å². The minimum absolute atomic E-state index is 0.265. The first-order valence-corrected chi connectivity index (χ1v) is 9.70. The van der Waals surface area contributed by atoms with E-state index in [1.54, 1.807) is 32.1 Å². The minimum atomic E-state index is -0.330. The second kappa shape index (κ2) is 9.34. The van der Waals surface area contributed by atoms with Gasteiger partial charge in [-0.25, -0.2) is 0 Å². The maximum Gasteiger partial charge on any atom is 0.244 e. The number of nitrogens with zero attached hydrogens (tertiary/aromatic N) is 1. The summed E-state index contributed by atoms with van der Waals surface area (Å²) < 4.78 is 11.4. The molecule has 29 heavy (non-hydrogen) atoms. The second-order valence-corrected chi connectivity index (χ2v) is 7.09. The Morgan fingerprint density at radius 3 is 2.59 bits per heavy atom. The van der Waals surface area contributed by atoms with Crippen molar-refractivity contribution in [3.8, 4) is 11.3 Å². The number of nitrogens with one attached hydrogen (secondary N) is 1. The Hall–Kier alpha value is -3.19. The highest BCUT2D eigenvalue weighted by Gasteiger charge is 2.23. The lowest BCUT2D eigenvalue weighted by molar-refractivity contribution is -0.116. The van der Waals surface area contributed by atoms with Gasteiger partial charge in [-0.05, 0) is 44.2 Å². The minimum Gasteiger partial charge on any atom is -0.467 e. The zero-order valence-electron chi connectivity index (χ0n) is 15.9. The Morgan fingerprint density at radius 2 is 1.93 bits per heavy atom. The highest BCUT2D eigenvalue weighted by molar-refractivity contribution is 9.10. The lowest BCUT2D eigenvalue weighted by Crippen LogP contribution is -2.20.